The van der Waals surface area contributed by atoms with Crippen LogP contribution in [0.2, 0.25) is 0 Å². The lowest BCUT2D eigenvalue weighted by molar-refractivity contribution is -0.121. The van der Waals surface area contributed by atoms with Gasteiger partial charge >= 0.3 is 0 Å². The van der Waals surface area contributed by atoms with Crippen LogP contribution in [0.4, 0.5) is 0 Å². The van der Waals surface area contributed by atoms with Gasteiger partial charge in [0, 0.05) is 18.5 Å². The van der Waals surface area contributed by atoms with E-state index >= 15 is 0 Å². The highest BCUT2D eigenvalue weighted by Crippen LogP contribution is 2.06. The van der Waals surface area contributed by atoms with Crippen LogP contribution in [0.1, 0.15) is 29.9 Å². The van der Waals surface area contributed by atoms with Crippen molar-refractivity contribution in [3.05, 3.63) is 23.5 Å². The molecule has 1 heterocycles. The minimum atomic E-state index is 0.0505. The number of Topliss-reactive ketones (excluding diaryl/α,β-unsaturated/α-hetero) is 1. The third kappa shape index (κ3) is 2.54. The number of hydrogen-bond acceptors (Lipinski definition) is 2. The van der Waals surface area contributed by atoms with Crippen molar-refractivity contribution in [1.29, 1.82) is 0 Å². The largest absolute Gasteiger partial charge is 0.359 e. The molecule has 1 aromatic heterocycles. The first kappa shape index (κ1) is 9.71. The van der Waals surface area contributed by atoms with Crippen LogP contribution < -0.4 is 0 Å². The Morgan fingerprint density at radius 3 is 2.77 bits per heavy atom. The van der Waals surface area contributed by atoms with Crippen LogP contribution in [0.5, 0.6) is 0 Å². The fourth-order valence-electron chi connectivity index (χ4n) is 1.03. The van der Waals surface area contributed by atoms with E-state index < -0.39 is 0 Å². The lowest BCUT2D eigenvalue weighted by Crippen LogP contribution is -2.09. The summed E-state index contributed by atoms with van der Waals surface area (Å²) in [6, 6.07) is 1.70. The average Bonchev–Trinajstić information content (AvgIpc) is 2.52. The third-order valence-corrected chi connectivity index (χ3v) is 1.91. The molecule has 0 radical (unpaired) electrons. The summed E-state index contributed by atoms with van der Waals surface area (Å²) >= 11 is 0. The molecule has 0 atom stereocenters. The summed E-state index contributed by atoms with van der Waals surface area (Å²) in [6.45, 7) is 3.74. The Kier molecular flexibility index (Phi) is 3.01. The number of carbonyl (C=O) groups excluding carboxylic acids is 2. The Morgan fingerprint density at radius 2 is 2.31 bits per heavy atom. The molecule has 70 valence electrons. The molecular weight excluding hydrogens is 166 g/mol. The van der Waals surface area contributed by atoms with Gasteiger partial charge in [-0.2, -0.15) is 0 Å². The minimum Gasteiger partial charge on any atom is -0.359 e. The molecule has 13 heavy (non-hydrogen) atoms. The van der Waals surface area contributed by atoms with E-state index in [0.29, 0.717) is 12.1 Å². The predicted octanol–water partition coefficient (Wildman–Crippen LogP) is 1.59. The number of hydrogen-bond donors (Lipinski definition) is 1. The molecule has 3 heteroatoms. The topological polar surface area (TPSA) is 49.9 Å². The van der Waals surface area contributed by atoms with Crippen LogP contribution in [-0.2, 0) is 11.2 Å². The number of rotatable bonds is 4. The molecule has 0 bridgehead atoms. The molecule has 0 aliphatic rings. The second-order valence-corrected chi connectivity index (χ2v) is 3.38. The van der Waals surface area contributed by atoms with Gasteiger partial charge in [-0.1, -0.05) is 13.8 Å². The molecule has 0 amide bonds. The van der Waals surface area contributed by atoms with Crippen molar-refractivity contribution in [1.82, 2.24) is 4.98 Å². The Morgan fingerprint density at radius 1 is 1.62 bits per heavy atom. The van der Waals surface area contributed by atoms with Crippen LogP contribution >= 0.6 is 0 Å². The number of carbonyl (C=O) groups is 2. The van der Waals surface area contributed by atoms with Crippen molar-refractivity contribution in [3.8, 4) is 0 Å². The molecule has 0 fully saturated rings. The number of aromatic amines is 1. The Bertz CT molecular complexity index is 312. The standard InChI is InChI=1S/C10H13NO2/c1-7(2)10(13)4-8-3-9(6-12)11-5-8/h3,5-7,11H,4H2,1-2H3. The lowest BCUT2D eigenvalue weighted by atomic mass is 10.0. The van der Waals surface area contributed by atoms with Gasteiger partial charge in [-0.25, -0.2) is 0 Å². The quantitative estimate of drug-likeness (QED) is 0.713. The maximum Gasteiger partial charge on any atom is 0.166 e. The van der Waals surface area contributed by atoms with Gasteiger partial charge in [0.2, 0.25) is 0 Å². The molecule has 0 saturated heterocycles. The van der Waals surface area contributed by atoms with Gasteiger partial charge in [-0.3, -0.25) is 9.59 Å². The Balaban J connectivity index is 2.64. The van der Waals surface area contributed by atoms with Crippen molar-refractivity contribution in [3.63, 3.8) is 0 Å². The zero-order chi connectivity index (χ0) is 9.84. The van der Waals surface area contributed by atoms with E-state index in [2.05, 4.69) is 4.98 Å². The molecule has 1 aromatic rings. The van der Waals surface area contributed by atoms with Gasteiger partial charge in [0.1, 0.15) is 5.78 Å². The van der Waals surface area contributed by atoms with E-state index in [-0.39, 0.29) is 11.7 Å². The molecular formula is C10H13NO2. The Labute approximate surface area is 77.2 Å². The molecule has 0 saturated carbocycles. The number of ketones is 1. The van der Waals surface area contributed by atoms with Crippen molar-refractivity contribution in [2.24, 2.45) is 5.92 Å². The first-order valence-corrected chi connectivity index (χ1v) is 4.28. The van der Waals surface area contributed by atoms with Gasteiger partial charge < -0.3 is 4.98 Å². The minimum absolute atomic E-state index is 0.0505. The summed E-state index contributed by atoms with van der Waals surface area (Å²) in [7, 11) is 0. The summed E-state index contributed by atoms with van der Waals surface area (Å²) in [4.78, 5) is 24.4. The zero-order valence-corrected chi connectivity index (χ0v) is 7.83. The molecule has 0 aliphatic heterocycles. The van der Waals surface area contributed by atoms with E-state index in [1.165, 1.54) is 0 Å². The highest BCUT2D eigenvalue weighted by atomic mass is 16.1. The van der Waals surface area contributed by atoms with Gasteiger partial charge in [0.05, 0.1) is 5.69 Å². The second kappa shape index (κ2) is 4.03. The highest BCUT2D eigenvalue weighted by molar-refractivity contribution is 5.83. The van der Waals surface area contributed by atoms with E-state index in [1.54, 1.807) is 12.3 Å². The fourth-order valence-corrected chi connectivity index (χ4v) is 1.03. The molecule has 0 unspecified atom stereocenters. The van der Waals surface area contributed by atoms with Gasteiger partial charge in [-0.15, -0.1) is 0 Å². The van der Waals surface area contributed by atoms with E-state index in [0.717, 1.165) is 11.8 Å². The van der Waals surface area contributed by atoms with Crippen molar-refractivity contribution in [2.75, 3.05) is 0 Å². The summed E-state index contributed by atoms with van der Waals surface area (Å²) < 4.78 is 0. The summed E-state index contributed by atoms with van der Waals surface area (Å²) in [5, 5.41) is 0. The van der Waals surface area contributed by atoms with E-state index in [4.69, 9.17) is 0 Å². The van der Waals surface area contributed by atoms with E-state index in [1.807, 2.05) is 13.8 Å². The fraction of sp³-hybridized carbons (Fsp3) is 0.400. The third-order valence-electron chi connectivity index (χ3n) is 1.91. The van der Waals surface area contributed by atoms with Crippen molar-refractivity contribution >= 4 is 12.1 Å². The predicted molar refractivity (Wildman–Crippen MR) is 49.7 cm³/mol. The van der Waals surface area contributed by atoms with Crippen LogP contribution in [-0.4, -0.2) is 17.1 Å². The number of aldehydes is 1. The molecule has 1 rings (SSSR count). The van der Waals surface area contributed by atoms with Crippen LogP contribution in [0.3, 0.4) is 0 Å². The molecule has 0 aliphatic carbocycles. The van der Waals surface area contributed by atoms with Gasteiger partial charge in [0.25, 0.3) is 0 Å². The van der Waals surface area contributed by atoms with E-state index in [9.17, 15) is 9.59 Å². The van der Waals surface area contributed by atoms with Crippen molar-refractivity contribution in [2.45, 2.75) is 20.3 Å². The maximum atomic E-state index is 11.3. The number of nitrogens with one attached hydrogen (secondary N) is 1. The first-order valence-electron chi connectivity index (χ1n) is 4.28. The second-order valence-electron chi connectivity index (χ2n) is 3.38. The monoisotopic (exact) mass is 179 g/mol. The van der Waals surface area contributed by atoms with Gasteiger partial charge in [-0.05, 0) is 11.6 Å². The summed E-state index contributed by atoms with van der Waals surface area (Å²) in [5.74, 6) is 0.242. The van der Waals surface area contributed by atoms with Crippen LogP contribution in [0.15, 0.2) is 12.3 Å². The maximum absolute atomic E-state index is 11.3. The molecule has 1 N–H and O–H groups in total. The average molecular weight is 179 g/mol. The lowest BCUT2D eigenvalue weighted by Gasteiger charge is -2.00. The number of aromatic nitrogens is 1. The zero-order valence-electron chi connectivity index (χ0n) is 7.83. The van der Waals surface area contributed by atoms with Gasteiger partial charge in [0.15, 0.2) is 6.29 Å². The molecule has 3 nitrogen and oxygen atoms in total. The number of H-pyrrole nitrogens is 1. The summed E-state index contributed by atoms with van der Waals surface area (Å²) in [6.07, 6.45) is 2.84. The smallest absolute Gasteiger partial charge is 0.166 e. The van der Waals surface area contributed by atoms with Crippen LogP contribution in [0, 0.1) is 5.92 Å². The summed E-state index contributed by atoms with van der Waals surface area (Å²) in [5.41, 5.74) is 1.40. The highest BCUT2D eigenvalue weighted by Gasteiger charge is 2.08. The SMILES string of the molecule is CC(C)C(=O)Cc1c[nH]c(C=O)c1. The van der Waals surface area contributed by atoms with Crippen molar-refractivity contribution < 1.29 is 9.59 Å². The van der Waals surface area contributed by atoms with Crippen LogP contribution in [0.25, 0.3) is 0 Å². The Hall–Kier alpha value is -1.38. The molecule has 0 aromatic carbocycles. The molecule has 0 spiro atoms. The normalized spacial score (nSPS) is 10.4. The first-order chi connectivity index (χ1) is 6.13.